The summed E-state index contributed by atoms with van der Waals surface area (Å²) in [6.45, 7) is 7.36. The minimum atomic E-state index is -0.296. The Morgan fingerprint density at radius 2 is 2.05 bits per heavy atom. The van der Waals surface area contributed by atoms with Gasteiger partial charge in [0.2, 0.25) is 5.91 Å². The van der Waals surface area contributed by atoms with E-state index in [0.29, 0.717) is 26.1 Å². The molecule has 0 N–H and O–H groups in total. The van der Waals surface area contributed by atoms with Gasteiger partial charge in [-0.2, -0.15) is 5.10 Å². The number of rotatable bonds is 7. The van der Waals surface area contributed by atoms with Crippen LogP contribution in [0.15, 0.2) is 6.07 Å². The van der Waals surface area contributed by atoms with E-state index in [2.05, 4.69) is 9.84 Å². The average Bonchev–Trinajstić information content (AvgIpc) is 2.74. The fourth-order valence-electron chi connectivity index (χ4n) is 2.05. The van der Waals surface area contributed by atoms with Gasteiger partial charge in [0.05, 0.1) is 19.2 Å². The number of nitrogens with zero attached hydrogens (tertiary/aromatic N) is 3. The lowest BCUT2D eigenvalue weighted by Crippen LogP contribution is -2.33. The Morgan fingerprint density at radius 1 is 1.35 bits per heavy atom. The first-order valence-electron chi connectivity index (χ1n) is 6.83. The number of hydrogen-bond acceptors (Lipinski definition) is 4. The van der Waals surface area contributed by atoms with Crippen molar-refractivity contribution in [3.63, 3.8) is 0 Å². The Kier molecular flexibility index (Phi) is 6.21. The molecule has 0 radical (unpaired) electrons. The molecule has 6 nitrogen and oxygen atoms in total. The highest BCUT2D eigenvalue weighted by molar-refractivity contribution is 5.77. The Bertz CT molecular complexity index is 468. The highest BCUT2D eigenvalue weighted by atomic mass is 16.5. The lowest BCUT2D eigenvalue weighted by Gasteiger charge is -2.20. The molecule has 0 bridgehead atoms. The third kappa shape index (κ3) is 4.68. The monoisotopic (exact) mass is 281 g/mol. The summed E-state index contributed by atoms with van der Waals surface area (Å²) in [6, 6.07) is 1.99. The highest BCUT2D eigenvalue weighted by Gasteiger charge is 2.14. The van der Waals surface area contributed by atoms with Crippen LogP contribution in [-0.4, -0.2) is 46.8 Å². The van der Waals surface area contributed by atoms with E-state index in [1.54, 1.807) is 4.90 Å². The number of carbonyl (C=O) groups is 2. The fourth-order valence-corrected chi connectivity index (χ4v) is 2.05. The van der Waals surface area contributed by atoms with Crippen molar-refractivity contribution in [3.8, 4) is 0 Å². The molecule has 6 heteroatoms. The SMILES string of the molecule is CCN(CCC(=O)OC)C(=O)CCn1nc(C)cc1C. The summed E-state index contributed by atoms with van der Waals surface area (Å²) in [6.07, 6.45) is 0.618. The summed E-state index contributed by atoms with van der Waals surface area (Å²) < 4.78 is 6.42. The molecule has 1 aromatic rings. The first-order valence-corrected chi connectivity index (χ1v) is 6.83. The second-order valence-electron chi connectivity index (χ2n) is 4.70. The maximum atomic E-state index is 12.1. The molecule has 0 atom stereocenters. The molecule has 1 amide bonds. The van der Waals surface area contributed by atoms with Crippen molar-refractivity contribution in [1.29, 1.82) is 0 Å². The van der Waals surface area contributed by atoms with Crippen molar-refractivity contribution in [3.05, 3.63) is 17.5 Å². The van der Waals surface area contributed by atoms with Gasteiger partial charge >= 0.3 is 5.97 Å². The van der Waals surface area contributed by atoms with E-state index < -0.39 is 0 Å². The number of aryl methyl sites for hydroxylation is 3. The van der Waals surface area contributed by atoms with Gasteiger partial charge in [-0.3, -0.25) is 14.3 Å². The molecule has 0 unspecified atom stereocenters. The molecule has 1 aromatic heterocycles. The summed E-state index contributed by atoms with van der Waals surface area (Å²) in [5.41, 5.74) is 2.00. The van der Waals surface area contributed by atoms with Crippen molar-refractivity contribution >= 4 is 11.9 Å². The van der Waals surface area contributed by atoms with Crippen LogP contribution in [-0.2, 0) is 20.9 Å². The van der Waals surface area contributed by atoms with E-state index in [-0.39, 0.29) is 18.3 Å². The summed E-state index contributed by atoms with van der Waals surface area (Å²) in [4.78, 5) is 24.9. The molecule has 0 aromatic carbocycles. The van der Waals surface area contributed by atoms with Crippen molar-refractivity contribution in [2.75, 3.05) is 20.2 Å². The normalized spacial score (nSPS) is 10.4. The second kappa shape index (κ2) is 7.67. The van der Waals surface area contributed by atoms with Crippen LogP contribution in [0.4, 0.5) is 0 Å². The van der Waals surface area contributed by atoms with E-state index in [1.165, 1.54) is 7.11 Å². The largest absolute Gasteiger partial charge is 0.469 e. The summed E-state index contributed by atoms with van der Waals surface area (Å²) in [7, 11) is 1.35. The number of ether oxygens (including phenoxy) is 1. The van der Waals surface area contributed by atoms with E-state index in [4.69, 9.17) is 0 Å². The average molecular weight is 281 g/mol. The molecule has 0 fully saturated rings. The zero-order valence-corrected chi connectivity index (χ0v) is 12.7. The molecule has 0 aliphatic heterocycles. The van der Waals surface area contributed by atoms with Gasteiger partial charge in [-0.05, 0) is 26.8 Å². The Balaban J connectivity index is 2.47. The van der Waals surface area contributed by atoms with Crippen LogP contribution in [0, 0.1) is 13.8 Å². The molecule has 1 heterocycles. The minimum Gasteiger partial charge on any atom is -0.469 e. The second-order valence-corrected chi connectivity index (χ2v) is 4.70. The topological polar surface area (TPSA) is 64.4 Å². The lowest BCUT2D eigenvalue weighted by molar-refractivity contribution is -0.141. The van der Waals surface area contributed by atoms with Gasteiger partial charge in [-0.15, -0.1) is 0 Å². The zero-order valence-electron chi connectivity index (χ0n) is 12.7. The summed E-state index contributed by atoms with van der Waals surface area (Å²) >= 11 is 0. The van der Waals surface area contributed by atoms with E-state index in [9.17, 15) is 9.59 Å². The van der Waals surface area contributed by atoms with Crippen LogP contribution in [0.25, 0.3) is 0 Å². The molecule has 0 aliphatic rings. The van der Waals surface area contributed by atoms with Gasteiger partial charge in [0.25, 0.3) is 0 Å². The number of amides is 1. The minimum absolute atomic E-state index is 0.0314. The third-order valence-electron chi connectivity index (χ3n) is 3.19. The maximum Gasteiger partial charge on any atom is 0.307 e. The van der Waals surface area contributed by atoms with Crippen LogP contribution in [0.2, 0.25) is 0 Å². The van der Waals surface area contributed by atoms with Gasteiger partial charge in [0, 0.05) is 31.7 Å². The van der Waals surface area contributed by atoms with E-state index >= 15 is 0 Å². The van der Waals surface area contributed by atoms with Crippen molar-refractivity contribution < 1.29 is 14.3 Å². The van der Waals surface area contributed by atoms with Gasteiger partial charge in [-0.1, -0.05) is 0 Å². The highest BCUT2D eigenvalue weighted by Crippen LogP contribution is 2.05. The van der Waals surface area contributed by atoms with Crippen LogP contribution >= 0.6 is 0 Å². The summed E-state index contributed by atoms with van der Waals surface area (Å²) in [5, 5.41) is 4.33. The van der Waals surface area contributed by atoms with Gasteiger partial charge in [0.15, 0.2) is 0 Å². The molecular weight excluding hydrogens is 258 g/mol. The predicted octanol–water partition coefficient (Wildman–Crippen LogP) is 1.30. The molecule has 0 saturated heterocycles. The van der Waals surface area contributed by atoms with Gasteiger partial charge < -0.3 is 9.64 Å². The van der Waals surface area contributed by atoms with E-state index in [1.807, 2.05) is 31.5 Å². The molecule has 1 rings (SSSR count). The Morgan fingerprint density at radius 3 is 2.55 bits per heavy atom. The number of aromatic nitrogens is 2. The number of carbonyl (C=O) groups excluding carboxylic acids is 2. The number of methoxy groups -OCH3 is 1. The molecular formula is C14H23N3O3. The van der Waals surface area contributed by atoms with Crippen LogP contribution in [0.5, 0.6) is 0 Å². The van der Waals surface area contributed by atoms with E-state index in [0.717, 1.165) is 11.4 Å². The van der Waals surface area contributed by atoms with Crippen molar-refractivity contribution in [2.45, 2.75) is 40.2 Å². The predicted molar refractivity (Wildman–Crippen MR) is 75.2 cm³/mol. The smallest absolute Gasteiger partial charge is 0.307 e. The standard InChI is InChI=1S/C14H23N3O3/c1-5-16(8-7-14(19)20-4)13(18)6-9-17-12(3)10-11(2)15-17/h10H,5-9H2,1-4H3. The van der Waals surface area contributed by atoms with Crippen molar-refractivity contribution in [2.24, 2.45) is 0 Å². The fraction of sp³-hybridized carbons (Fsp3) is 0.643. The molecule has 112 valence electrons. The zero-order chi connectivity index (χ0) is 15.1. The molecule has 0 aliphatic carbocycles. The van der Waals surface area contributed by atoms with Crippen LogP contribution < -0.4 is 0 Å². The lowest BCUT2D eigenvalue weighted by atomic mass is 10.3. The Hall–Kier alpha value is -1.85. The third-order valence-corrected chi connectivity index (χ3v) is 3.19. The Labute approximate surface area is 119 Å². The first-order chi connectivity index (χ1) is 9.47. The number of hydrogen-bond donors (Lipinski definition) is 0. The van der Waals surface area contributed by atoms with Gasteiger partial charge in [0.1, 0.15) is 0 Å². The molecule has 0 spiro atoms. The quantitative estimate of drug-likeness (QED) is 0.707. The maximum absolute atomic E-state index is 12.1. The molecule has 20 heavy (non-hydrogen) atoms. The van der Waals surface area contributed by atoms with Crippen LogP contribution in [0.1, 0.15) is 31.2 Å². The van der Waals surface area contributed by atoms with Gasteiger partial charge in [-0.25, -0.2) is 0 Å². The van der Waals surface area contributed by atoms with Crippen LogP contribution in [0.3, 0.4) is 0 Å². The van der Waals surface area contributed by atoms with Crippen molar-refractivity contribution in [1.82, 2.24) is 14.7 Å². The number of esters is 1. The summed E-state index contributed by atoms with van der Waals surface area (Å²) in [5.74, 6) is -0.265. The molecule has 0 saturated carbocycles. The first kappa shape index (κ1) is 16.2.